The highest BCUT2D eigenvalue weighted by atomic mass is 32.1. The molecule has 6 nitrogen and oxygen atoms in total. The summed E-state index contributed by atoms with van der Waals surface area (Å²) in [5.41, 5.74) is 1.29. The number of hydrogen-bond acceptors (Lipinski definition) is 6. The molecule has 2 rings (SSSR count). The predicted molar refractivity (Wildman–Crippen MR) is 85.4 cm³/mol. The first-order valence-corrected chi connectivity index (χ1v) is 7.85. The lowest BCUT2D eigenvalue weighted by atomic mass is 10.2. The Morgan fingerprint density at radius 3 is 2.73 bits per heavy atom. The molecule has 0 spiro atoms. The van der Waals surface area contributed by atoms with Crippen LogP contribution in [0.3, 0.4) is 0 Å². The number of anilines is 1. The molecule has 0 aliphatic carbocycles. The molecule has 1 heterocycles. The smallest absolute Gasteiger partial charge is 0.252 e. The number of rotatable bonds is 8. The highest BCUT2D eigenvalue weighted by molar-refractivity contribution is 7.15. The number of methoxy groups -OCH3 is 1. The van der Waals surface area contributed by atoms with Crippen LogP contribution in [0.2, 0.25) is 0 Å². The zero-order chi connectivity index (χ0) is 15.8. The summed E-state index contributed by atoms with van der Waals surface area (Å²) in [5.74, 6) is 0.604. The molecule has 1 aromatic carbocycles. The SMILES string of the molecule is CCc1ccc(OCCc2nnc(NC(=O)COC)s2)cc1. The fourth-order valence-corrected chi connectivity index (χ4v) is 2.51. The van der Waals surface area contributed by atoms with E-state index in [2.05, 4.69) is 34.6 Å². The van der Waals surface area contributed by atoms with E-state index in [9.17, 15) is 4.79 Å². The van der Waals surface area contributed by atoms with Crippen LogP contribution < -0.4 is 10.1 Å². The van der Waals surface area contributed by atoms with Gasteiger partial charge in [-0.15, -0.1) is 10.2 Å². The number of carbonyl (C=O) groups excluding carboxylic acids is 1. The number of aromatic nitrogens is 2. The van der Waals surface area contributed by atoms with Crippen LogP contribution in [-0.4, -0.2) is 36.4 Å². The molecular weight excluding hydrogens is 302 g/mol. The van der Waals surface area contributed by atoms with Crippen molar-refractivity contribution in [2.24, 2.45) is 0 Å². The predicted octanol–water partition coefficient (Wildman–Crippen LogP) is 2.31. The third kappa shape index (κ3) is 5.09. The lowest BCUT2D eigenvalue weighted by Gasteiger charge is -2.05. The fourth-order valence-electron chi connectivity index (χ4n) is 1.77. The Morgan fingerprint density at radius 2 is 2.05 bits per heavy atom. The molecule has 0 radical (unpaired) electrons. The monoisotopic (exact) mass is 321 g/mol. The van der Waals surface area contributed by atoms with Crippen LogP contribution >= 0.6 is 11.3 Å². The van der Waals surface area contributed by atoms with E-state index in [1.54, 1.807) is 0 Å². The molecule has 0 bridgehead atoms. The zero-order valence-corrected chi connectivity index (χ0v) is 13.5. The van der Waals surface area contributed by atoms with E-state index >= 15 is 0 Å². The van der Waals surface area contributed by atoms with Gasteiger partial charge in [0.1, 0.15) is 17.4 Å². The van der Waals surface area contributed by atoms with Crippen molar-refractivity contribution >= 4 is 22.4 Å². The molecule has 1 N–H and O–H groups in total. The largest absolute Gasteiger partial charge is 0.493 e. The normalized spacial score (nSPS) is 10.5. The van der Waals surface area contributed by atoms with Crippen LogP contribution in [0.1, 0.15) is 17.5 Å². The molecule has 0 aliphatic heterocycles. The van der Waals surface area contributed by atoms with Gasteiger partial charge in [0.15, 0.2) is 0 Å². The highest BCUT2D eigenvalue weighted by Crippen LogP contribution is 2.17. The fraction of sp³-hybridized carbons (Fsp3) is 0.400. The van der Waals surface area contributed by atoms with Crippen molar-refractivity contribution in [3.05, 3.63) is 34.8 Å². The molecule has 7 heteroatoms. The van der Waals surface area contributed by atoms with E-state index in [4.69, 9.17) is 9.47 Å². The van der Waals surface area contributed by atoms with E-state index in [1.165, 1.54) is 24.0 Å². The average molecular weight is 321 g/mol. The molecule has 0 fully saturated rings. The minimum atomic E-state index is -0.238. The molecule has 0 saturated carbocycles. The van der Waals surface area contributed by atoms with E-state index in [1.807, 2.05) is 12.1 Å². The summed E-state index contributed by atoms with van der Waals surface area (Å²) in [4.78, 5) is 11.4. The second-order valence-corrected chi connectivity index (χ2v) is 5.64. The van der Waals surface area contributed by atoms with Crippen molar-refractivity contribution in [3.8, 4) is 5.75 Å². The minimum Gasteiger partial charge on any atom is -0.493 e. The Hall–Kier alpha value is -1.99. The molecule has 0 aliphatic rings. The van der Waals surface area contributed by atoms with Crippen molar-refractivity contribution < 1.29 is 14.3 Å². The second-order valence-electron chi connectivity index (χ2n) is 4.58. The maximum absolute atomic E-state index is 11.4. The van der Waals surface area contributed by atoms with Gasteiger partial charge in [0.05, 0.1) is 6.61 Å². The minimum absolute atomic E-state index is 0.00573. The summed E-state index contributed by atoms with van der Waals surface area (Å²) >= 11 is 1.34. The lowest BCUT2D eigenvalue weighted by molar-refractivity contribution is -0.119. The van der Waals surface area contributed by atoms with Crippen LogP contribution in [0.25, 0.3) is 0 Å². The van der Waals surface area contributed by atoms with Gasteiger partial charge in [0, 0.05) is 13.5 Å². The molecule has 1 aromatic heterocycles. The first-order valence-electron chi connectivity index (χ1n) is 7.04. The maximum Gasteiger partial charge on any atom is 0.252 e. The van der Waals surface area contributed by atoms with Crippen LogP contribution in [0, 0.1) is 0 Å². The Morgan fingerprint density at radius 1 is 1.27 bits per heavy atom. The standard InChI is InChI=1S/C15H19N3O3S/c1-3-11-4-6-12(7-5-11)21-9-8-14-17-18-15(22-14)16-13(19)10-20-2/h4-7H,3,8-10H2,1-2H3,(H,16,18,19). The van der Waals surface area contributed by atoms with Crippen molar-refractivity contribution in [2.75, 3.05) is 25.6 Å². The Labute approximate surface area is 133 Å². The van der Waals surface area contributed by atoms with Crippen LogP contribution in [0.5, 0.6) is 5.75 Å². The molecule has 0 unspecified atom stereocenters. The summed E-state index contributed by atoms with van der Waals surface area (Å²) in [7, 11) is 1.47. The molecule has 2 aromatic rings. The van der Waals surface area contributed by atoms with Crippen LogP contribution in [-0.2, 0) is 22.4 Å². The Bertz CT molecular complexity index is 598. The third-order valence-electron chi connectivity index (χ3n) is 2.90. The first kappa shape index (κ1) is 16.4. The van der Waals surface area contributed by atoms with Crippen molar-refractivity contribution in [2.45, 2.75) is 19.8 Å². The number of benzene rings is 1. The van der Waals surface area contributed by atoms with Gasteiger partial charge in [-0.25, -0.2) is 0 Å². The number of hydrogen-bond donors (Lipinski definition) is 1. The maximum atomic E-state index is 11.4. The topological polar surface area (TPSA) is 73.3 Å². The van der Waals surface area contributed by atoms with Gasteiger partial charge in [-0.3, -0.25) is 10.1 Å². The van der Waals surface area contributed by atoms with E-state index in [0.717, 1.165) is 17.2 Å². The van der Waals surface area contributed by atoms with Crippen molar-refractivity contribution in [3.63, 3.8) is 0 Å². The van der Waals surface area contributed by atoms with Gasteiger partial charge in [0.2, 0.25) is 5.13 Å². The van der Waals surface area contributed by atoms with Crippen molar-refractivity contribution in [1.82, 2.24) is 10.2 Å². The van der Waals surface area contributed by atoms with Gasteiger partial charge in [0.25, 0.3) is 5.91 Å². The molecular formula is C15H19N3O3S. The summed E-state index contributed by atoms with van der Waals surface area (Å²) in [5, 5.41) is 11.9. The Balaban J connectivity index is 1.77. The van der Waals surface area contributed by atoms with Gasteiger partial charge < -0.3 is 9.47 Å². The van der Waals surface area contributed by atoms with E-state index < -0.39 is 0 Å². The van der Waals surface area contributed by atoms with Gasteiger partial charge in [-0.1, -0.05) is 30.4 Å². The third-order valence-corrected chi connectivity index (χ3v) is 3.80. The van der Waals surface area contributed by atoms with E-state index in [0.29, 0.717) is 18.2 Å². The number of nitrogens with one attached hydrogen (secondary N) is 1. The number of nitrogens with zero attached hydrogens (tertiary/aromatic N) is 2. The lowest BCUT2D eigenvalue weighted by Crippen LogP contribution is -2.16. The molecule has 1 amide bonds. The Kier molecular flexibility index (Phi) is 6.29. The number of aryl methyl sites for hydroxylation is 1. The number of amides is 1. The van der Waals surface area contributed by atoms with Crippen LogP contribution in [0.15, 0.2) is 24.3 Å². The van der Waals surface area contributed by atoms with Crippen LogP contribution in [0.4, 0.5) is 5.13 Å². The second kappa shape index (κ2) is 8.45. The van der Waals surface area contributed by atoms with Gasteiger partial charge in [-0.05, 0) is 24.1 Å². The zero-order valence-electron chi connectivity index (χ0n) is 12.7. The van der Waals surface area contributed by atoms with E-state index in [-0.39, 0.29) is 12.5 Å². The van der Waals surface area contributed by atoms with Gasteiger partial charge in [-0.2, -0.15) is 0 Å². The molecule has 0 saturated heterocycles. The summed E-state index contributed by atoms with van der Waals surface area (Å²) in [6.07, 6.45) is 1.66. The average Bonchev–Trinajstić information content (AvgIpc) is 2.95. The number of ether oxygens (including phenoxy) is 2. The summed E-state index contributed by atoms with van der Waals surface area (Å²) in [6, 6.07) is 8.05. The molecule has 0 atom stereocenters. The molecule has 22 heavy (non-hydrogen) atoms. The van der Waals surface area contributed by atoms with Gasteiger partial charge >= 0.3 is 0 Å². The number of carbonyl (C=O) groups is 1. The van der Waals surface area contributed by atoms with Crippen molar-refractivity contribution in [1.29, 1.82) is 0 Å². The molecule has 118 valence electrons. The quantitative estimate of drug-likeness (QED) is 0.807. The summed E-state index contributed by atoms with van der Waals surface area (Å²) in [6.45, 7) is 2.65. The first-order chi connectivity index (χ1) is 10.7. The summed E-state index contributed by atoms with van der Waals surface area (Å²) < 4.78 is 10.4. The highest BCUT2D eigenvalue weighted by Gasteiger charge is 2.08.